The summed E-state index contributed by atoms with van der Waals surface area (Å²) in [5.41, 5.74) is 7.34. The zero-order valence-corrected chi connectivity index (χ0v) is 16.1. The molecule has 0 unspecified atom stereocenters. The van der Waals surface area contributed by atoms with E-state index < -0.39 is 0 Å². The maximum atomic E-state index is 2.24. The van der Waals surface area contributed by atoms with Crippen molar-refractivity contribution in [2.45, 2.75) is 34.6 Å². The van der Waals surface area contributed by atoms with E-state index in [0.717, 1.165) is 0 Å². The molecule has 0 aliphatic heterocycles. The van der Waals surface area contributed by atoms with Gasteiger partial charge in [-0.25, -0.2) is 0 Å². The summed E-state index contributed by atoms with van der Waals surface area (Å²) in [6.45, 7) is 11.0. The second-order valence-corrected chi connectivity index (χ2v) is 6.44. The number of benzene rings is 2. The van der Waals surface area contributed by atoms with Crippen molar-refractivity contribution in [2.24, 2.45) is 0 Å². The van der Waals surface area contributed by atoms with Gasteiger partial charge in [-0.3, -0.25) is 0 Å². The molecular formula is C23H24Co-2. The van der Waals surface area contributed by atoms with Crippen LogP contribution in [0.3, 0.4) is 0 Å². The van der Waals surface area contributed by atoms with Gasteiger partial charge in [0.15, 0.2) is 0 Å². The Morgan fingerprint density at radius 2 is 1.33 bits per heavy atom. The molecule has 0 N–H and O–H groups in total. The molecule has 4 aromatic carbocycles. The zero-order chi connectivity index (χ0) is 16.6. The second kappa shape index (κ2) is 7.37. The minimum Gasteiger partial charge on any atom is -0.196 e. The summed E-state index contributed by atoms with van der Waals surface area (Å²) < 4.78 is 0. The molecule has 127 valence electrons. The fourth-order valence-corrected chi connectivity index (χ4v) is 3.31. The van der Waals surface area contributed by atoms with Gasteiger partial charge < -0.3 is 0 Å². The zero-order valence-electron chi connectivity index (χ0n) is 15.0. The Kier molecular flexibility index (Phi) is 5.69. The minimum absolute atomic E-state index is 0. The monoisotopic (exact) mass is 359 g/mol. The van der Waals surface area contributed by atoms with Crippen molar-refractivity contribution < 1.29 is 16.8 Å². The molecule has 0 spiro atoms. The molecule has 0 amide bonds. The summed E-state index contributed by atoms with van der Waals surface area (Å²) in [5.74, 6) is 0. The Hall–Kier alpha value is -1.83. The van der Waals surface area contributed by atoms with Crippen molar-refractivity contribution in [3.8, 4) is 0 Å². The largest absolute Gasteiger partial charge is 0.196 e. The topological polar surface area (TPSA) is 0 Å². The smallest absolute Gasteiger partial charge is 0 e. The summed E-state index contributed by atoms with van der Waals surface area (Å²) in [4.78, 5) is 0. The van der Waals surface area contributed by atoms with Gasteiger partial charge in [0.2, 0.25) is 0 Å². The molecule has 0 heterocycles. The van der Waals surface area contributed by atoms with Gasteiger partial charge in [0.05, 0.1) is 0 Å². The molecule has 0 nitrogen and oxygen atoms in total. The Balaban J connectivity index is 0.000000173. The number of fused-ring (bicyclic) bond motifs is 3. The van der Waals surface area contributed by atoms with Crippen molar-refractivity contribution in [3.05, 3.63) is 82.4 Å². The fourth-order valence-electron chi connectivity index (χ4n) is 3.31. The van der Waals surface area contributed by atoms with Gasteiger partial charge in [0, 0.05) is 16.8 Å². The average Bonchev–Trinajstić information content (AvgIpc) is 3.04. The van der Waals surface area contributed by atoms with E-state index in [-0.39, 0.29) is 16.8 Å². The van der Waals surface area contributed by atoms with Gasteiger partial charge in [0.25, 0.3) is 0 Å². The quantitative estimate of drug-likeness (QED) is 0.308. The molecule has 1 radical (unpaired) electrons. The Bertz CT molecular complexity index is 836. The van der Waals surface area contributed by atoms with E-state index in [0.29, 0.717) is 0 Å². The van der Waals surface area contributed by atoms with Crippen LogP contribution >= 0.6 is 0 Å². The summed E-state index contributed by atoms with van der Waals surface area (Å²) >= 11 is 0. The minimum atomic E-state index is 0. The predicted octanol–water partition coefficient (Wildman–Crippen LogP) is 6.66. The molecule has 0 aliphatic rings. The maximum absolute atomic E-state index is 2.24. The van der Waals surface area contributed by atoms with Crippen LogP contribution in [0.25, 0.3) is 21.5 Å². The van der Waals surface area contributed by atoms with Crippen LogP contribution in [-0.4, -0.2) is 0 Å². The summed E-state index contributed by atoms with van der Waals surface area (Å²) in [6.07, 6.45) is 0. The van der Waals surface area contributed by atoms with E-state index in [1.807, 2.05) is 0 Å². The normalized spacial score (nSPS) is 10.4. The van der Waals surface area contributed by atoms with E-state index >= 15 is 0 Å². The maximum Gasteiger partial charge on any atom is 0 e. The van der Waals surface area contributed by atoms with Gasteiger partial charge in [0.1, 0.15) is 0 Å². The molecule has 0 atom stereocenters. The van der Waals surface area contributed by atoms with Crippen molar-refractivity contribution in [1.82, 2.24) is 0 Å². The van der Waals surface area contributed by atoms with E-state index in [1.54, 1.807) is 0 Å². The van der Waals surface area contributed by atoms with Gasteiger partial charge in [-0.15, -0.1) is 41.8 Å². The summed E-state index contributed by atoms with van der Waals surface area (Å²) in [7, 11) is 0. The Morgan fingerprint density at radius 3 is 1.92 bits per heavy atom. The molecule has 24 heavy (non-hydrogen) atoms. The van der Waals surface area contributed by atoms with Crippen LogP contribution in [0.4, 0.5) is 0 Å². The fraction of sp³-hybridized carbons (Fsp3) is 0.217. The molecule has 0 aliphatic carbocycles. The molecular weight excluding hydrogens is 335 g/mol. The van der Waals surface area contributed by atoms with Crippen molar-refractivity contribution in [1.29, 1.82) is 0 Å². The van der Waals surface area contributed by atoms with Crippen LogP contribution < -0.4 is 0 Å². The predicted molar refractivity (Wildman–Crippen MR) is 103 cm³/mol. The molecule has 4 rings (SSSR count). The van der Waals surface area contributed by atoms with E-state index in [2.05, 4.69) is 89.2 Å². The Labute approximate surface area is 155 Å². The van der Waals surface area contributed by atoms with Gasteiger partial charge in [-0.2, -0.15) is 27.8 Å². The third-order valence-electron chi connectivity index (χ3n) is 5.34. The number of rotatable bonds is 0. The van der Waals surface area contributed by atoms with Crippen LogP contribution in [0.1, 0.15) is 27.8 Å². The van der Waals surface area contributed by atoms with Gasteiger partial charge >= 0.3 is 0 Å². The van der Waals surface area contributed by atoms with Crippen LogP contribution in [0.5, 0.6) is 0 Å². The van der Waals surface area contributed by atoms with E-state index in [9.17, 15) is 0 Å². The first-order chi connectivity index (χ1) is 11.0. The Morgan fingerprint density at radius 1 is 0.750 bits per heavy atom. The van der Waals surface area contributed by atoms with Crippen LogP contribution in [0, 0.1) is 34.6 Å². The second-order valence-electron chi connectivity index (χ2n) is 6.44. The van der Waals surface area contributed by atoms with Crippen molar-refractivity contribution in [2.75, 3.05) is 0 Å². The molecule has 1 heteroatoms. The molecule has 0 bridgehead atoms. The molecule has 0 aromatic heterocycles. The standard InChI is InChI=1S/C13H9.C10H15.Co/c1-3-7-12-10(5-1)9-11-6-2-4-8-13(11)12;1-6-7(2)9(4)10(5)8(6)3;/h1-9H;1-5H3;/q2*-1;. The van der Waals surface area contributed by atoms with E-state index in [1.165, 1.54) is 49.4 Å². The molecule has 0 fully saturated rings. The average molecular weight is 359 g/mol. The third kappa shape index (κ3) is 3.19. The molecule has 0 saturated carbocycles. The SMILES string of the molecule is Cc1c(C)c(C)[c-](C)c1C.[Co].c1ccc2c(c1)cc1cccc[c-]12. The third-order valence-corrected chi connectivity index (χ3v) is 5.34. The van der Waals surface area contributed by atoms with Crippen molar-refractivity contribution in [3.63, 3.8) is 0 Å². The van der Waals surface area contributed by atoms with Gasteiger partial charge in [-0.05, 0) is 0 Å². The first-order valence-electron chi connectivity index (χ1n) is 8.23. The summed E-state index contributed by atoms with van der Waals surface area (Å²) in [5, 5.41) is 5.39. The first kappa shape index (κ1) is 18.5. The molecule has 4 aromatic rings. The first-order valence-corrected chi connectivity index (χ1v) is 8.23. The van der Waals surface area contributed by atoms with E-state index in [4.69, 9.17) is 0 Å². The van der Waals surface area contributed by atoms with Crippen LogP contribution in [0.2, 0.25) is 0 Å². The number of hydrogen-bond donors (Lipinski definition) is 0. The van der Waals surface area contributed by atoms with Gasteiger partial charge in [-0.1, -0.05) is 69.0 Å². The molecule has 0 saturated heterocycles. The number of hydrogen-bond acceptors (Lipinski definition) is 0. The van der Waals surface area contributed by atoms with Crippen LogP contribution in [-0.2, 0) is 16.8 Å². The van der Waals surface area contributed by atoms with Crippen molar-refractivity contribution >= 4 is 21.5 Å². The summed E-state index contributed by atoms with van der Waals surface area (Å²) in [6, 6.07) is 19.3. The van der Waals surface area contributed by atoms with Crippen LogP contribution in [0.15, 0.2) is 54.6 Å².